The lowest BCUT2D eigenvalue weighted by atomic mass is 10.2. The van der Waals surface area contributed by atoms with Crippen LogP contribution in [0, 0.1) is 0 Å². The van der Waals surface area contributed by atoms with Crippen molar-refractivity contribution in [1.82, 2.24) is 4.90 Å². The third kappa shape index (κ3) is 2.71. The zero-order valence-corrected chi connectivity index (χ0v) is 10.2. The Morgan fingerprint density at radius 3 is 2.78 bits per heavy atom. The molecule has 0 spiro atoms. The molecule has 1 heterocycles. The smallest absolute Gasteiger partial charge is 0.243 e. The second kappa shape index (κ2) is 4.95. The number of hydrogen-bond donors (Lipinski definition) is 1. The Balaban J connectivity index is 1.97. The molecule has 0 saturated carbocycles. The Bertz CT molecular complexity index is 487. The second-order valence-electron chi connectivity index (χ2n) is 3.99. The van der Waals surface area contributed by atoms with Crippen LogP contribution in [0.2, 0.25) is 0 Å². The molecular weight excluding hydrogens is 236 g/mol. The summed E-state index contributed by atoms with van der Waals surface area (Å²) in [7, 11) is 1.57. The maximum absolute atomic E-state index is 11.7. The van der Waals surface area contributed by atoms with E-state index in [4.69, 9.17) is 9.47 Å². The van der Waals surface area contributed by atoms with E-state index < -0.39 is 0 Å². The van der Waals surface area contributed by atoms with Crippen LogP contribution in [0.1, 0.15) is 6.92 Å². The normalized spacial score (nSPS) is 12.1. The molecule has 2 rings (SSSR count). The first-order valence-electron chi connectivity index (χ1n) is 5.47. The van der Waals surface area contributed by atoms with Crippen molar-refractivity contribution in [3.05, 3.63) is 18.2 Å². The summed E-state index contributed by atoms with van der Waals surface area (Å²) < 4.78 is 10.4. The highest BCUT2D eigenvalue weighted by Gasteiger charge is 2.15. The SMILES string of the molecule is CC(=O)N(C)CC(=O)Nc1ccc2c(c1)OCO2. The molecule has 0 bridgehead atoms. The van der Waals surface area contributed by atoms with E-state index in [2.05, 4.69) is 5.32 Å². The first-order chi connectivity index (χ1) is 8.56. The van der Waals surface area contributed by atoms with Crippen LogP contribution in [0.15, 0.2) is 18.2 Å². The Morgan fingerprint density at radius 2 is 2.06 bits per heavy atom. The molecule has 6 nitrogen and oxygen atoms in total. The van der Waals surface area contributed by atoms with Crippen molar-refractivity contribution in [3.63, 3.8) is 0 Å². The zero-order chi connectivity index (χ0) is 13.1. The number of likely N-dealkylation sites (N-methyl/N-ethyl adjacent to an activating group) is 1. The molecule has 0 radical (unpaired) electrons. The molecule has 1 aliphatic rings. The summed E-state index contributed by atoms with van der Waals surface area (Å²) in [5, 5.41) is 2.69. The predicted molar refractivity (Wildman–Crippen MR) is 64.5 cm³/mol. The fourth-order valence-electron chi connectivity index (χ4n) is 1.50. The molecule has 6 heteroatoms. The van der Waals surface area contributed by atoms with Crippen LogP contribution in [0.3, 0.4) is 0 Å². The van der Waals surface area contributed by atoms with Crippen LogP contribution in [-0.2, 0) is 9.59 Å². The minimum atomic E-state index is -0.258. The molecule has 0 atom stereocenters. The van der Waals surface area contributed by atoms with Gasteiger partial charge in [0, 0.05) is 25.7 Å². The highest BCUT2D eigenvalue weighted by atomic mass is 16.7. The van der Waals surface area contributed by atoms with Gasteiger partial charge in [0.25, 0.3) is 0 Å². The van der Waals surface area contributed by atoms with Gasteiger partial charge in [0.15, 0.2) is 11.5 Å². The van der Waals surface area contributed by atoms with E-state index in [1.54, 1.807) is 25.2 Å². The van der Waals surface area contributed by atoms with Crippen molar-refractivity contribution < 1.29 is 19.1 Å². The lowest BCUT2D eigenvalue weighted by Crippen LogP contribution is -2.33. The van der Waals surface area contributed by atoms with Crippen LogP contribution in [0.4, 0.5) is 5.69 Å². The molecule has 18 heavy (non-hydrogen) atoms. The van der Waals surface area contributed by atoms with Gasteiger partial charge in [0.05, 0.1) is 6.54 Å². The molecule has 1 aromatic carbocycles. The van der Waals surface area contributed by atoms with E-state index in [-0.39, 0.29) is 25.2 Å². The fraction of sp³-hybridized carbons (Fsp3) is 0.333. The molecular formula is C12H14N2O4. The highest BCUT2D eigenvalue weighted by Crippen LogP contribution is 2.34. The summed E-state index contributed by atoms with van der Waals surface area (Å²) >= 11 is 0. The van der Waals surface area contributed by atoms with Crippen molar-refractivity contribution in [2.24, 2.45) is 0 Å². The quantitative estimate of drug-likeness (QED) is 0.862. The number of carbonyl (C=O) groups is 2. The molecule has 1 aromatic rings. The van der Waals surface area contributed by atoms with E-state index >= 15 is 0 Å². The summed E-state index contributed by atoms with van der Waals surface area (Å²) in [4.78, 5) is 24.0. The average Bonchev–Trinajstić information content (AvgIpc) is 2.75. The topological polar surface area (TPSA) is 67.9 Å². The number of benzene rings is 1. The number of carbonyl (C=O) groups excluding carboxylic acids is 2. The fourth-order valence-corrected chi connectivity index (χ4v) is 1.50. The third-order valence-electron chi connectivity index (χ3n) is 2.57. The molecule has 0 saturated heterocycles. The van der Waals surface area contributed by atoms with E-state index in [0.29, 0.717) is 17.2 Å². The number of nitrogens with zero attached hydrogens (tertiary/aromatic N) is 1. The van der Waals surface area contributed by atoms with Crippen molar-refractivity contribution in [2.75, 3.05) is 25.7 Å². The van der Waals surface area contributed by atoms with E-state index in [1.165, 1.54) is 11.8 Å². The number of hydrogen-bond acceptors (Lipinski definition) is 4. The van der Waals surface area contributed by atoms with Crippen LogP contribution in [-0.4, -0.2) is 37.1 Å². The third-order valence-corrected chi connectivity index (χ3v) is 2.57. The van der Waals surface area contributed by atoms with Gasteiger partial charge in [-0.05, 0) is 12.1 Å². The first kappa shape index (κ1) is 12.2. The maximum Gasteiger partial charge on any atom is 0.243 e. The molecule has 1 N–H and O–H groups in total. The van der Waals surface area contributed by atoms with Gasteiger partial charge in [-0.15, -0.1) is 0 Å². The van der Waals surface area contributed by atoms with Gasteiger partial charge in [0.1, 0.15) is 0 Å². The minimum absolute atomic E-state index is 0.0176. The molecule has 0 aromatic heterocycles. The van der Waals surface area contributed by atoms with Gasteiger partial charge in [-0.1, -0.05) is 0 Å². The Morgan fingerprint density at radius 1 is 1.33 bits per heavy atom. The van der Waals surface area contributed by atoms with Crippen LogP contribution >= 0.6 is 0 Å². The lowest BCUT2D eigenvalue weighted by Gasteiger charge is -2.14. The molecule has 0 fully saturated rings. The average molecular weight is 250 g/mol. The van der Waals surface area contributed by atoms with Crippen molar-refractivity contribution >= 4 is 17.5 Å². The van der Waals surface area contributed by atoms with Crippen LogP contribution in [0.25, 0.3) is 0 Å². The van der Waals surface area contributed by atoms with Gasteiger partial charge in [-0.25, -0.2) is 0 Å². The lowest BCUT2D eigenvalue weighted by molar-refractivity contribution is -0.131. The zero-order valence-electron chi connectivity index (χ0n) is 10.2. The Kier molecular flexibility index (Phi) is 3.36. The molecule has 2 amide bonds. The van der Waals surface area contributed by atoms with Crippen molar-refractivity contribution in [3.8, 4) is 11.5 Å². The number of anilines is 1. The van der Waals surface area contributed by atoms with Crippen molar-refractivity contribution in [1.29, 1.82) is 0 Å². The van der Waals surface area contributed by atoms with Gasteiger partial charge in [-0.3, -0.25) is 9.59 Å². The summed E-state index contributed by atoms with van der Waals surface area (Å²) in [6.45, 7) is 1.62. The summed E-state index contributed by atoms with van der Waals surface area (Å²) in [5.74, 6) is 0.851. The van der Waals surface area contributed by atoms with Crippen molar-refractivity contribution in [2.45, 2.75) is 6.92 Å². The number of fused-ring (bicyclic) bond motifs is 1. The minimum Gasteiger partial charge on any atom is -0.454 e. The molecule has 96 valence electrons. The van der Waals surface area contributed by atoms with Crippen LogP contribution < -0.4 is 14.8 Å². The Labute approximate surface area is 104 Å². The first-order valence-corrected chi connectivity index (χ1v) is 5.47. The van der Waals surface area contributed by atoms with E-state index in [9.17, 15) is 9.59 Å². The van der Waals surface area contributed by atoms with Gasteiger partial charge >= 0.3 is 0 Å². The van der Waals surface area contributed by atoms with E-state index in [0.717, 1.165) is 0 Å². The number of amides is 2. The van der Waals surface area contributed by atoms with Crippen LogP contribution in [0.5, 0.6) is 11.5 Å². The Hall–Kier alpha value is -2.24. The molecule has 1 aliphatic heterocycles. The summed E-state index contributed by atoms with van der Waals surface area (Å²) in [5.41, 5.74) is 0.612. The van der Waals surface area contributed by atoms with Gasteiger partial charge < -0.3 is 19.7 Å². The summed E-state index contributed by atoms with van der Waals surface area (Å²) in [6.07, 6.45) is 0. The van der Waals surface area contributed by atoms with E-state index in [1.807, 2.05) is 0 Å². The number of ether oxygens (including phenoxy) is 2. The van der Waals surface area contributed by atoms with Gasteiger partial charge in [0.2, 0.25) is 18.6 Å². The molecule has 0 unspecified atom stereocenters. The highest BCUT2D eigenvalue weighted by molar-refractivity contribution is 5.94. The predicted octanol–water partition coefficient (Wildman–Crippen LogP) is 0.832. The summed E-state index contributed by atoms with van der Waals surface area (Å²) in [6, 6.07) is 5.14. The number of rotatable bonds is 3. The maximum atomic E-state index is 11.7. The molecule has 0 aliphatic carbocycles. The number of nitrogens with one attached hydrogen (secondary N) is 1. The second-order valence-corrected chi connectivity index (χ2v) is 3.99. The van der Waals surface area contributed by atoms with Gasteiger partial charge in [-0.2, -0.15) is 0 Å². The largest absolute Gasteiger partial charge is 0.454 e. The monoisotopic (exact) mass is 250 g/mol. The standard InChI is InChI=1S/C12H14N2O4/c1-8(15)14(2)6-12(16)13-9-3-4-10-11(5-9)18-7-17-10/h3-5H,6-7H2,1-2H3,(H,13,16).